The highest BCUT2D eigenvalue weighted by Gasteiger charge is 2.50. The molecule has 4 rings (SSSR count). The molecule has 0 N–H and O–H groups in total. The normalized spacial score (nSPS) is 45.1. The third kappa shape index (κ3) is 1.02. The van der Waals surface area contributed by atoms with Crippen LogP contribution in [0.25, 0.3) is 5.53 Å². The second-order valence-corrected chi connectivity index (χ2v) is 5.15. The first-order chi connectivity index (χ1) is 6.78. The maximum Gasteiger partial charge on any atom is 0.337 e. The molecule has 0 aromatic heterocycles. The van der Waals surface area contributed by atoms with Crippen LogP contribution in [0.1, 0.15) is 32.1 Å². The van der Waals surface area contributed by atoms with Gasteiger partial charge in [0, 0.05) is 5.92 Å². The third-order valence-corrected chi connectivity index (χ3v) is 4.26. The Morgan fingerprint density at radius 1 is 1.00 bits per heavy atom. The maximum absolute atomic E-state index is 11.9. The van der Waals surface area contributed by atoms with Gasteiger partial charge in [0.2, 0.25) is 5.78 Å². The highest BCUT2D eigenvalue weighted by atomic mass is 16.1. The Bertz CT molecular complexity index is 329. The molecular formula is C11H14N2O. The standard InChI is InChI=1S/C11H14N2O/c12-13-10-8-2-6-1-7(3-8)5-9(4-6)11(10)14/h6-9H,1-5H2/t6-,7+,8?,9?. The van der Waals surface area contributed by atoms with Crippen molar-refractivity contribution in [1.82, 2.24) is 0 Å². The molecule has 2 unspecified atom stereocenters. The van der Waals surface area contributed by atoms with Crippen LogP contribution >= 0.6 is 0 Å². The lowest BCUT2D eigenvalue weighted by Crippen LogP contribution is -2.28. The van der Waals surface area contributed by atoms with Crippen LogP contribution in [0, 0.1) is 23.7 Å². The number of nitrogens with zero attached hydrogens (tertiary/aromatic N) is 2. The molecule has 0 aliphatic heterocycles. The fourth-order valence-corrected chi connectivity index (χ4v) is 3.83. The van der Waals surface area contributed by atoms with Gasteiger partial charge in [0.15, 0.2) is 0 Å². The summed E-state index contributed by atoms with van der Waals surface area (Å²) in [5.74, 6) is 2.03. The van der Waals surface area contributed by atoms with Crippen LogP contribution in [-0.2, 0) is 4.79 Å². The van der Waals surface area contributed by atoms with E-state index in [0.717, 1.165) is 37.5 Å². The van der Waals surface area contributed by atoms with Crippen LogP contribution in [0.5, 0.6) is 0 Å². The summed E-state index contributed by atoms with van der Waals surface area (Å²) in [4.78, 5) is 15.2. The van der Waals surface area contributed by atoms with Crippen LogP contribution in [0.3, 0.4) is 0 Å². The Kier molecular flexibility index (Phi) is 1.65. The van der Waals surface area contributed by atoms with Gasteiger partial charge in [0.25, 0.3) is 0 Å². The minimum atomic E-state index is 0.141. The van der Waals surface area contributed by atoms with Gasteiger partial charge in [-0.15, -0.1) is 0 Å². The quantitative estimate of drug-likeness (QED) is 0.423. The summed E-state index contributed by atoms with van der Waals surface area (Å²) in [6.07, 6.45) is 5.56. The van der Waals surface area contributed by atoms with Crippen molar-refractivity contribution in [3.63, 3.8) is 0 Å². The molecule has 0 aromatic carbocycles. The number of carbonyl (C=O) groups is 1. The average molecular weight is 190 g/mol. The van der Waals surface area contributed by atoms with E-state index in [2.05, 4.69) is 4.79 Å². The minimum Gasteiger partial charge on any atom is -0.361 e. The van der Waals surface area contributed by atoms with Crippen molar-refractivity contribution in [3.8, 4) is 0 Å². The summed E-state index contributed by atoms with van der Waals surface area (Å²) in [5, 5.41) is 0. The minimum absolute atomic E-state index is 0.141. The highest BCUT2D eigenvalue weighted by molar-refractivity contribution is 6.39. The molecule has 0 heterocycles. The molecule has 0 amide bonds. The van der Waals surface area contributed by atoms with Gasteiger partial charge in [-0.3, -0.25) is 4.79 Å². The zero-order valence-corrected chi connectivity index (χ0v) is 8.15. The van der Waals surface area contributed by atoms with Gasteiger partial charge >= 0.3 is 5.71 Å². The molecule has 74 valence electrons. The summed E-state index contributed by atoms with van der Waals surface area (Å²) >= 11 is 0. The van der Waals surface area contributed by atoms with Gasteiger partial charge in [0.1, 0.15) is 0 Å². The van der Waals surface area contributed by atoms with E-state index in [1.807, 2.05) is 0 Å². The number of carbonyl (C=O) groups excluding carboxylic acids is 1. The van der Waals surface area contributed by atoms with Crippen molar-refractivity contribution in [3.05, 3.63) is 5.53 Å². The van der Waals surface area contributed by atoms with Gasteiger partial charge in [-0.2, -0.15) is 4.79 Å². The molecule has 4 atom stereocenters. The van der Waals surface area contributed by atoms with E-state index in [4.69, 9.17) is 5.53 Å². The van der Waals surface area contributed by atoms with Crippen molar-refractivity contribution < 1.29 is 9.58 Å². The smallest absolute Gasteiger partial charge is 0.337 e. The number of Topliss-reactive ketones (excluding diaryl/α,β-unsaturated/α-hetero) is 1. The first kappa shape index (κ1) is 8.37. The number of rotatable bonds is 0. The summed E-state index contributed by atoms with van der Waals surface area (Å²) in [5.41, 5.74) is 9.39. The second kappa shape index (κ2) is 2.77. The zero-order chi connectivity index (χ0) is 9.71. The van der Waals surface area contributed by atoms with E-state index in [1.165, 1.54) is 6.42 Å². The molecule has 0 aromatic rings. The number of hydrogen-bond donors (Lipinski definition) is 0. The first-order valence-electron chi connectivity index (χ1n) is 5.54. The topological polar surface area (TPSA) is 53.5 Å². The summed E-state index contributed by atoms with van der Waals surface area (Å²) in [6, 6.07) is 0. The van der Waals surface area contributed by atoms with Gasteiger partial charge in [-0.25, -0.2) is 0 Å². The molecule has 4 aliphatic rings. The lowest BCUT2D eigenvalue weighted by Gasteiger charge is -2.36. The Labute approximate surface area is 83.1 Å². The van der Waals surface area contributed by atoms with Gasteiger partial charge in [-0.1, -0.05) is 0 Å². The molecular weight excluding hydrogens is 176 g/mol. The Morgan fingerprint density at radius 2 is 1.57 bits per heavy atom. The van der Waals surface area contributed by atoms with Crippen LogP contribution in [0.4, 0.5) is 0 Å². The number of fused-ring (bicyclic) bond motifs is 1. The van der Waals surface area contributed by atoms with Gasteiger partial charge in [0.05, 0.1) is 5.92 Å². The molecule has 0 saturated heterocycles. The molecule has 4 fully saturated rings. The molecule has 3 nitrogen and oxygen atoms in total. The third-order valence-electron chi connectivity index (χ3n) is 4.26. The Morgan fingerprint density at radius 3 is 2.14 bits per heavy atom. The average Bonchev–Trinajstić information content (AvgIpc) is 2.29. The number of ketones is 1. The monoisotopic (exact) mass is 190 g/mol. The van der Waals surface area contributed by atoms with Crippen molar-refractivity contribution in [2.24, 2.45) is 23.7 Å². The SMILES string of the molecule is [N-]=[N+]=C1C(=O)C2C[C@@H]3CC1C[C@H](C2)C3. The lowest BCUT2D eigenvalue weighted by atomic mass is 9.68. The molecule has 0 radical (unpaired) electrons. The van der Waals surface area contributed by atoms with Crippen molar-refractivity contribution in [1.29, 1.82) is 0 Å². The largest absolute Gasteiger partial charge is 0.361 e. The maximum atomic E-state index is 11.9. The Hall–Kier alpha value is -0.950. The second-order valence-electron chi connectivity index (χ2n) is 5.15. The highest BCUT2D eigenvalue weighted by Crippen LogP contribution is 2.48. The van der Waals surface area contributed by atoms with Crippen molar-refractivity contribution >= 4 is 11.5 Å². The van der Waals surface area contributed by atoms with E-state index >= 15 is 0 Å². The van der Waals surface area contributed by atoms with E-state index in [-0.39, 0.29) is 17.6 Å². The zero-order valence-electron chi connectivity index (χ0n) is 8.15. The fraction of sp³-hybridized carbons (Fsp3) is 0.818. The molecule has 4 bridgehead atoms. The molecule has 4 aliphatic carbocycles. The van der Waals surface area contributed by atoms with E-state index in [0.29, 0.717) is 5.71 Å². The van der Waals surface area contributed by atoms with E-state index in [1.54, 1.807) is 0 Å². The summed E-state index contributed by atoms with van der Waals surface area (Å²) in [6.45, 7) is 0. The van der Waals surface area contributed by atoms with Gasteiger partial charge in [-0.05, 0) is 43.9 Å². The lowest BCUT2D eigenvalue weighted by molar-refractivity contribution is -0.121. The van der Waals surface area contributed by atoms with Gasteiger partial charge < -0.3 is 5.53 Å². The van der Waals surface area contributed by atoms with E-state index in [9.17, 15) is 4.79 Å². The van der Waals surface area contributed by atoms with Crippen LogP contribution in [0.2, 0.25) is 0 Å². The van der Waals surface area contributed by atoms with Crippen LogP contribution < -0.4 is 0 Å². The predicted octanol–water partition coefficient (Wildman–Crippen LogP) is 1.68. The molecule has 4 saturated carbocycles. The molecule has 3 heteroatoms. The van der Waals surface area contributed by atoms with E-state index < -0.39 is 0 Å². The molecule has 14 heavy (non-hydrogen) atoms. The van der Waals surface area contributed by atoms with Crippen molar-refractivity contribution in [2.45, 2.75) is 32.1 Å². The van der Waals surface area contributed by atoms with Crippen molar-refractivity contribution in [2.75, 3.05) is 0 Å². The Balaban J connectivity index is 2.08. The summed E-state index contributed by atoms with van der Waals surface area (Å²) < 4.78 is 0. The number of hydrogen-bond acceptors (Lipinski definition) is 1. The first-order valence-corrected chi connectivity index (χ1v) is 5.54. The predicted molar refractivity (Wildman–Crippen MR) is 50.7 cm³/mol. The van der Waals surface area contributed by atoms with Crippen LogP contribution in [0.15, 0.2) is 0 Å². The van der Waals surface area contributed by atoms with Crippen LogP contribution in [-0.4, -0.2) is 16.3 Å². The summed E-state index contributed by atoms with van der Waals surface area (Å²) in [7, 11) is 0. The molecule has 0 spiro atoms. The fourth-order valence-electron chi connectivity index (χ4n) is 3.83.